The van der Waals surface area contributed by atoms with Crippen molar-refractivity contribution in [3.8, 4) is 5.75 Å². The first-order chi connectivity index (χ1) is 14.5. The highest BCUT2D eigenvalue weighted by Crippen LogP contribution is 2.17. The fourth-order valence-electron chi connectivity index (χ4n) is 3.19. The van der Waals surface area contributed by atoms with Crippen molar-refractivity contribution in [1.29, 1.82) is 0 Å². The molecular formula is C22H23BrN2O5. The summed E-state index contributed by atoms with van der Waals surface area (Å²) < 4.78 is 10.7. The average Bonchev–Trinajstić information content (AvgIpc) is 3.00. The van der Waals surface area contributed by atoms with Crippen molar-refractivity contribution in [1.82, 2.24) is 9.80 Å². The minimum atomic E-state index is -0.778. The molecule has 0 atom stereocenters. The molecule has 2 amide bonds. The summed E-state index contributed by atoms with van der Waals surface area (Å²) in [7, 11) is 0. The van der Waals surface area contributed by atoms with Crippen LogP contribution in [0.4, 0.5) is 4.79 Å². The molecular weight excluding hydrogens is 452 g/mol. The topological polar surface area (TPSA) is 76.2 Å². The van der Waals surface area contributed by atoms with E-state index in [-0.39, 0.29) is 18.4 Å². The second-order valence-electron chi connectivity index (χ2n) is 6.75. The normalized spacial score (nSPS) is 14.1. The van der Waals surface area contributed by atoms with Gasteiger partial charge in [0.2, 0.25) is 0 Å². The Kier molecular flexibility index (Phi) is 7.46. The Labute approximate surface area is 183 Å². The van der Waals surface area contributed by atoms with Crippen LogP contribution in [0.5, 0.6) is 5.75 Å². The van der Waals surface area contributed by atoms with Gasteiger partial charge in [-0.25, -0.2) is 4.79 Å². The minimum Gasteiger partial charge on any atom is -0.434 e. The molecule has 0 N–H and O–H groups in total. The summed E-state index contributed by atoms with van der Waals surface area (Å²) in [5.41, 5.74) is 1.13. The Morgan fingerprint density at radius 2 is 1.33 bits per heavy atom. The lowest BCUT2D eigenvalue weighted by molar-refractivity contribution is 0.0718. The van der Waals surface area contributed by atoms with Gasteiger partial charge in [0.25, 0.3) is 11.8 Å². The summed E-state index contributed by atoms with van der Waals surface area (Å²) in [5.74, 6) is 0.167. The summed E-state index contributed by atoms with van der Waals surface area (Å²) in [6, 6.07) is 13.6. The monoisotopic (exact) mass is 474 g/mol. The Morgan fingerprint density at radius 3 is 1.83 bits per heavy atom. The molecule has 1 aliphatic heterocycles. The Morgan fingerprint density at radius 1 is 0.833 bits per heavy atom. The predicted molar refractivity (Wildman–Crippen MR) is 115 cm³/mol. The lowest BCUT2D eigenvalue weighted by Crippen LogP contribution is -2.37. The molecule has 0 spiro atoms. The van der Waals surface area contributed by atoms with Crippen LogP contribution in [0.2, 0.25) is 0 Å². The van der Waals surface area contributed by atoms with Gasteiger partial charge in [0, 0.05) is 41.8 Å². The van der Waals surface area contributed by atoms with Gasteiger partial charge in [0.05, 0.1) is 6.61 Å². The van der Waals surface area contributed by atoms with Gasteiger partial charge in [0.15, 0.2) is 0 Å². The Hall–Kier alpha value is -2.87. The smallest absolute Gasteiger partial charge is 0.434 e. The number of halogens is 1. The number of carbonyl (C=O) groups excluding carboxylic acids is 3. The number of ether oxygens (including phenoxy) is 2. The Balaban J connectivity index is 1.59. The number of carbonyl (C=O) groups is 3. The third kappa shape index (κ3) is 5.60. The van der Waals surface area contributed by atoms with E-state index in [0.717, 1.165) is 4.47 Å². The van der Waals surface area contributed by atoms with Crippen LogP contribution in [0.15, 0.2) is 53.0 Å². The van der Waals surface area contributed by atoms with Crippen molar-refractivity contribution in [2.75, 3.05) is 32.8 Å². The fourth-order valence-corrected chi connectivity index (χ4v) is 3.45. The molecule has 2 aromatic carbocycles. The van der Waals surface area contributed by atoms with Crippen LogP contribution in [0.1, 0.15) is 34.1 Å². The summed E-state index contributed by atoms with van der Waals surface area (Å²) in [6.45, 7) is 4.03. The molecule has 0 aliphatic carbocycles. The molecule has 0 unspecified atom stereocenters. The highest BCUT2D eigenvalue weighted by atomic mass is 79.9. The van der Waals surface area contributed by atoms with Crippen LogP contribution in [-0.4, -0.2) is 60.6 Å². The molecule has 1 heterocycles. The van der Waals surface area contributed by atoms with Crippen LogP contribution in [0, 0.1) is 0 Å². The van der Waals surface area contributed by atoms with E-state index in [2.05, 4.69) is 15.9 Å². The van der Waals surface area contributed by atoms with Crippen LogP contribution >= 0.6 is 15.9 Å². The molecule has 1 aliphatic rings. The van der Waals surface area contributed by atoms with Crippen LogP contribution in [0.25, 0.3) is 0 Å². The van der Waals surface area contributed by atoms with Gasteiger partial charge in [-0.2, -0.15) is 0 Å². The van der Waals surface area contributed by atoms with E-state index >= 15 is 0 Å². The van der Waals surface area contributed by atoms with E-state index in [4.69, 9.17) is 9.47 Å². The summed E-state index contributed by atoms with van der Waals surface area (Å²) in [6.07, 6.45) is -0.0717. The quantitative estimate of drug-likeness (QED) is 0.494. The van der Waals surface area contributed by atoms with Crippen molar-refractivity contribution < 1.29 is 23.9 Å². The van der Waals surface area contributed by atoms with E-state index in [1.54, 1.807) is 53.1 Å². The number of rotatable bonds is 4. The molecule has 0 radical (unpaired) electrons. The molecule has 1 saturated heterocycles. The van der Waals surface area contributed by atoms with Crippen molar-refractivity contribution in [3.05, 3.63) is 64.1 Å². The predicted octanol–water partition coefficient (Wildman–Crippen LogP) is 3.97. The standard InChI is InChI=1S/C22H23BrN2O5/c1-2-29-22(28)30-19-10-6-17(7-11-19)21(27)25-13-3-12-24(14-15-25)20(26)16-4-8-18(23)9-5-16/h4-11H,2-3,12-15H2,1H3. The van der Waals surface area contributed by atoms with Gasteiger partial charge < -0.3 is 19.3 Å². The minimum absolute atomic E-state index is 0.0303. The molecule has 2 aromatic rings. The molecule has 30 heavy (non-hydrogen) atoms. The van der Waals surface area contributed by atoms with Gasteiger partial charge in [-0.1, -0.05) is 15.9 Å². The lowest BCUT2D eigenvalue weighted by Gasteiger charge is -2.22. The number of nitrogens with zero attached hydrogens (tertiary/aromatic N) is 2. The summed E-state index contributed by atoms with van der Waals surface area (Å²) >= 11 is 3.37. The first kappa shape index (κ1) is 21.8. The SMILES string of the molecule is CCOC(=O)Oc1ccc(C(=O)N2CCCN(C(=O)c3ccc(Br)cc3)CC2)cc1. The molecule has 158 valence electrons. The lowest BCUT2D eigenvalue weighted by atomic mass is 10.2. The number of hydrogen-bond donors (Lipinski definition) is 0. The van der Waals surface area contributed by atoms with Crippen LogP contribution < -0.4 is 4.74 Å². The van der Waals surface area contributed by atoms with E-state index in [1.807, 2.05) is 12.1 Å². The highest BCUT2D eigenvalue weighted by Gasteiger charge is 2.23. The maximum absolute atomic E-state index is 12.9. The van der Waals surface area contributed by atoms with Crippen LogP contribution in [0.3, 0.4) is 0 Å². The molecule has 0 saturated carbocycles. The maximum atomic E-state index is 12.9. The number of amides is 2. The summed E-state index contributed by atoms with van der Waals surface area (Å²) in [5, 5.41) is 0. The first-order valence-electron chi connectivity index (χ1n) is 9.76. The largest absolute Gasteiger partial charge is 0.513 e. The van der Waals surface area contributed by atoms with E-state index in [0.29, 0.717) is 49.5 Å². The van der Waals surface area contributed by atoms with Crippen molar-refractivity contribution in [2.24, 2.45) is 0 Å². The fraction of sp³-hybridized carbons (Fsp3) is 0.318. The summed E-state index contributed by atoms with van der Waals surface area (Å²) in [4.78, 5) is 40.5. The molecule has 0 bridgehead atoms. The first-order valence-corrected chi connectivity index (χ1v) is 10.6. The third-order valence-corrected chi connectivity index (χ3v) is 5.25. The maximum Gasteiger partial charge on any atom is 0.513 e. The van der Waals surface area contributed by atoms with E-state index in [1.165, 1.54) is 0 Å². The molecule has 0 aromatic heterocycles. The van der Waals surface area contributed by atoms with Crippen molar-refractivity contribution >= 4 is 33.9 Å². The number of benzene rings is 2. The van der Waals surface area contributed by atoms with Gasteiger partial charge in [-0.15, -0.1) is 0 Å². The molecule has 1 fully saturated rings. The third-order valence-electron chi connectivity index (χ3n) is 4.73. The average molecular weight is 475 g/mol. The van der Waals surface area contributed by atoms with E-state index < -0.39 is 6.16 Å². The zero-order valence-electron chi connectivity index (χ0n) is 16.7. The van der Waals surface area contributed by atoms with Gasteiger partial charge in [0.1, 0.15) is 5.75 Å². The second kappa shape index (κ2) is 10.2. The van der Waals surface area contributed by atoms with Crippen molar-refractivity contribution in [2.45, 2.75) is 13.3 Å². The second-order valence-corrected chi connectivity index (χ2v) is 7.67. The van der Waals surface area contributed by atoms with Crippen molar-refractivity contribution in [3.63, 3.8) is 0 Å². The van der Waals surface area contributed by atoms with Gasteiger partial charge in [-0.3, -0.25) is 9.59 Å². The van der Waals surface area contributed by atoms with Gasteiger partial charge in [-0.05, 0) is 61.9 Å². The zero-order valence-corrected chi connectivity index (χ0v) is 18.3. The van der Waals surface area contributed by atoms with E-state index in [9.17, 15) is 14.4 Å². The molecule has 8 heteroatoms. The highest BCUT2D eigenvalue weighted by molar-refractivity contribution is 9.10. The molecule has 3 rings (SSSR count). The molecule has 7 nitrogen and oxygen atoms in total. The number of hydrogen-bond acceptors (Lipinski definition) is 5. The zero-order chi connectivity index (χ0) is 21.5. The van der Waals surface area contributed by atoms with Crippen LogP contribution in [-0.2, 0) is 4.74 Å². The van der Waals surface area contributed by atoms with Gasteiger partial charge >= 0.3 is 6.16 Å². The Bertz CT molecular complexity index is 899.